The molecule has 0 saturated carbocycles. The van der Waals surface area contributed by atoms with Crippen LogP contribution < -0.4 is 5.46 Å². The predicted molar refractivity (Wildman–Crippen MR) is 101 cm³/mol. The van der Waals surface area contributed by atoms with Crippen LogP contribution in [-0.4, -0.2) is 23.8 Å². The molecule has 5 heteroatoms. The largest absolute Gasteiger partial charge is 0.427 e. The maximum atomic E-state index is 10.2. The van der Waals surface area contributed by atoms with E-state index in [1.165, 1.54) is 10.1 Å². The van der Waals surface area contributed by atoms with Gasteiger partial charge in [-0.1, -0.05) is 41.9 Å². The summed E-state index contributed by atoms with van der Waals surface area (Å²) >= 11 is 8.28. The molecule has 0 bridgehead atoms. The molecule has 1 aromatic heterocycles. The maximum Gasteiger partial charge on any atom is 0.332 e. The fraction of sp³-hybridized carbons (Fsp3) is 0.333. The zero-order chi connectivity index (χ0) is 16.8. The van der Waals surface area contributed by atoms with Crippen molar-refractivity contribution in [2.75, 3.05) is 0 Å². The van der Waals surface area contributed by atoms with Gasteiger partial charge in [-0.2, -0.15) is 0 Å². The molecule has 2 aromatic carbocycles. The summed E-state index contributed by atoms with van der Waals surface area (Å²) in [5.74, 6) is 0. The molecular weight excluding hydrogens is 327 g/mol. The van der Waals surface area contributed by atoms with Gasteiger partial charge in [0.25, 0.3) is 0 Å². The van der Waals surface area contributed by atoms with Gasteiger partial charge in [-0.15, -0.1) is 11.3 Å². The van der Waals surface area contributed by atoms with Crippen LogP contribution in [0.4, 0.5) is 0 Å². The summed E-state index contributed by atoms with van der Waals surface area (Å²) in [6.07, 6.45) is 0. The average molecular weight is 346 g/mol. The van der Waals surface area contributed by atoms with Crippen molar-refractivity contribution in [1.82, 2.24) is 0 Å². The van der Waals surface area contributed by atoms with Gasteiger partial charge < -0.3 is 9.76 Å². The summed E-state index contributed by atoms with van der Waals surface area (Å²) in [6.45, 7) is 7.18. The Bertz CT molecular complexity index is 864. The minimum atomic E-state index is -0.961. The lowest BCUT2D eigenvalue weighted by molar-refractivity contribution is -0.0893. The molecule has 0 aliphatic carbocycles. The molecule has 0 unspecified atom stereocenters. The highest BCUT2D eigenvalue weighted by Crippen LogP contribution is 2.37. The van der Waals surface area contributed by atoms with E-state index in [1.54, 1.807) is 32.7 Å². The molecule has 2 nitrogen and oxygen atoms in total. The van der Waals surface area contributed by atoms with Crippen LogP contribution in [0.25, 0.3) is 20.2 Å². The smallest absolute Gasteiger partial charge is 0.332 e. The second kappa shape index (κ2) is 5.78. The van der Waals surface area contributed by atoms with Crippen LogP contribution in [0.15, 0.2) is 36.4 Å². The molecular formula is C18H19BClO2S. The van der Waals surface area contributed by atoms with E-state index < -0.39 is 11.2 Å². The van der Waals surface area contributed by atoms with Crippen molar-refractivity contribution >= 4 is 56.1 Å². The van der Waals surface area contributed by atoms with Crippen molar-refractivity contribution in [2.24, 2.45) is 0 Å². The SMILES string of the molecule is CC(C)(O)C(C)(C)O[B]c1ccc2c(sc3ccccc32)c1Cl. The molecule has 23 heavy (non-hydrogen) atoms. The second-order valence-corrected chi connectivity index (χ2v) is 8.18. The summed E-state index contributed by atoms with van der Waals surface area (Å²) in [4.78, 5) is 0. The Hall–Kier alpha value is -1.07. The molecule has 3 rings (SSSR count). The maximum absolute atomic E-state index is 10.2. The third kappa shape index (κ3) is 3.01. The van der Waals surface area contributed by atoms with Crippen molar-refractivity contribution in [2.45, 2.75) is 38.9 Å². The van der Waals surface area contributed by atoms with Crippen LogP contribution >= 0.6 is 22.9 Å². The van der Waals surface area contributed by atoms with Crippen LogP contribution in [0.1, 0.15) is 27.7 Å². The zero-order valence-electron chi connectivity index (χ0n) is 13.7. The van der Waals surface area contributed by atoms with Gasteiger partial charge in [-0.05, 0) is 39.2 Å². The molecule has 0 saturated heterocycles. The van der Waals surface area contributed by atoms with Gasteiger partial charge in [0.05, 0.1) is 20.9 Å². The number of fused-ring (bicyclic) bond motifs is 3. The molecule has 0 aliphatic heterocycles. The summed E-state index contributed by atoms with van der Waals surface area (Å²) in [5, 5.41) is 13.3. The van der Waals surface area contributed by atoms with Crippen molar-refractivity contribution < 1.29 is 9.76 Å². The first-order chi connectivity index (χ1) is 10.7. The quantitative estimate of drug-likeness (QED) is 0.705. The summed E-state index contributed by atoms with van der Waals surface area (Å²) in [5.41, 5.74) is -0.855. The number of thiophene rings is 1. The van der Waals surface area contributed by atoms with Gasteiger partial charge in [0.15, 0.2) is 0 Å². The van der Waals surface area contributed by atoms with E-state index >= 15 is 0 Å². The van der Waals surface area contributed by atoms with Gasteiger partial charge in [0.1, 0.15) is 0 Å². The molecule has 1 heterocycles. The van der Waals surface area contributed by atoms with Crippen LogP contribution in [0.5, 0.6) is 0 Å². The van der Waals surface area contributed by atoms with Gasteiger partial charge in [0, 0.05) is 15.5 Å². The van der Waals surface area contributed by atoms with Crippen molar-refractivity contribution in [3.8, 4) is 0 Å². The van der Waals surface area contributed by atoms with Crippen LogP contribution in [0.2, 0.25) is 5.02 Å². The van der Waals surface area contributed by atoms with E-state index in [-0.39, 0.29) is 0 Å². The Morgan fingerprint density at radius 2 is 1.74 bits per heavy atom. The average Bonchev–Trinajstić information content (AvgIpc) is 2.85. The molecule has 0 spiro atoms. The van der Waals surface area contributed by atoms with Crippen molar-refractivity contribution in [3.63, 3.8) is 0 Å². The van der Waals surface area contributed by atoms with Crippen molar-refractivity contribution in [3.05, 3.63) is 41.4 Å². The minimum absolute atomic E-state index is 0.690. The number of aliphatic hydroxyl groups is 1. The van der Waals surface area contributed by atoms with Crippen LogP contribution in [0, 0.1) is 0 Å². The molecule has 0 fully saturated rings. The standard InChI is InChI=1S/C18H19BClO2S/c1-17(2,21)18(3,4)22-19-13-10-9-12-11-7-5-6-8-14(11)23-16(12)15(13)20/h5-10,21H,1-4H3. The highest BCUT2D eigenvalue weighted by Gasteiger charge is 2.36. The number of rotatable bonds is 4. The van der Waals surface area contributed by atoms with E-state index in [1.807, 2.05) is 32.0 Å². The fourth-order valence-corrected chi connectivity index (χ4v) is 3.69. The summed E-state index contributed by atoms with van der Waals surface area (Å²) in [6, 6.07) is 12.3. The molecule has 0 amide bonds. The highest BCUT2D eigenvalue weighted by molar-refractivity contribution is 7.26. The Morgan fingerprint density at radius 3 is 2.43 bits per heavy atom. The number of hydrogen-bond acceptors (Lipinski definition) is 3. The summed E-state index contributed by atoms with van der Waals surface area (Å²) < 4.78 is 8.11. The van der Waals surface area contributed by atoms with E-state index in [2.05, 4.69) is 18.2 Å². The van der Waals surface area contributed by atoms with Crippen molar-refractivity contribution in [1.29, 1.82) is 0 Å². The minimum Gasteiger partial charge on any atom is -0.427 e. The van der Waals surface area contributed by atoms with Gasteiger partial charge in [0.2, 0.25) is 0 Å². The summed E-state index contributed by atoms with van der Waals surface area (Å²) in [7, 11) is 1.64. The fourth-order valence-electron chi connectivity index (χ4n) is 2.22. The second-order valence-electron chi connectivity index (χ2n) is 6.75. The number of hydrogen-bond donors (Lipinski definition) is 1. The molecule has 0 aliphatic rings. The van der Waals surface area contributed by atoms with E-state index in [0.29, 0.717) is 5.02 Å². The monoisotopic (exact) mass is 345 g/mol. The first kappa shape index (κ1) is 16.8. The van der Waals surface area contributed by atoms with Crippen LogP contribution in [-0.2, 0) is 4.65 Å². The molecule has 1 N–H and O–H groups in total. The molecule has 1 radical (unpaired) electrons. The Balaban J connectivity index is 1.97. The van der Waals surface area contributed by atoms with E-state index in [9.17, 15) is 5.11 Å². The normalized spacial score (nSPS) is 13.0. The first-order valence-electron chi connectivity index (χ1n) is 7.54. The third-order valence-corrected chi connectivity index (χ3v) is 6.19. The molecule has 0 atom stereocenters. The number of halogens is 1. The van der Waals surface area contributed by atoms with Gasteiger partial charge >= 0.3 is 7.48 Å². The third-order valence-electron chi connectivity index (χ3n) is 4.47. The highest BCUT2D eigenvalue weighted by atomic mass is 35.5. The zero-order valence-corrected chi connectivity index (χ0v) is 15.3. The number of benzene rings is 2. The topological polar surface area (TPSA) is 29.5 Å². The van der Waals surface area contributed by atoms with E-state index in [0.717, 1.165) is 15.5 Å². The van der Waals surface area contributed by atoms with Gasteiger partial charge in [-0.25, -0.2) is 0 Å². The Labute approximate surface area is 146 Å². The van der Waals surface area contributed by atoms with Gasteiger partial charge in [-0.3, -0.25) is 0 Å². The lowest BCUT2D eigenvalue weighted by Gasteiger charge is -2.37. The molecule has 119 valence electrons. The lowest BCUT2D eigenvalue weighted by Crippen LogP contribution is -2.49. The molecule has 3 aromatic rings. The lowest BCUT2D eigenvalue weighted by atomic mass is 9.82. The van der Waals surface area contributed by atoms with Crippen LogP contribution in [0.3, 0.4) is 0 Å². The Kier molecular flexibility index (Phi) is 4.22. The first-order valence-corrected chi connectivity index (χ1v) is 8.73. The predicted octanol–water partition coefficient (Wildman–Crippen LogP) is 4.52. The Morgan fingerprint density at radius 1 is 1.04 bits per heavy atom. The van der Waals surface area contributed by atoms with E-state index in [4.69, 9.17) is 16.3 Å².